The summed E-state index contributed by atoms with van der Waals surface area (Å²) >= 11 is 0. The summed E-state index contributed by atoms with van der Waals surface area (Å²) in [5.41, 5.74) is 0.862. The van der Waals surface area contributed by atoms with E-state index in [-0.39, 0.29) is 0 Å². The average molecular weight is 266 g/mol. The van der Waals surface area contributed by atoms with Crippen molar-refractivity contribution in [3.8, 4) is 0 Å². The van der Waals surface area contributed by atoms with Crippen LogP contribution in [0.5, 0.6) is 0 Å². The van der Waals surface area contributed by atoms with Crippen molar-refractivity contribution in [2.45, 2.75) is 5.54 Å². The van der Waals surface area contributed by atoms with Gasteiger partial charge < -0.3 is 0 Å². The molecule has 0 saturated heterocycles. The zero-order valence-corrected chi connectivity index (χ0v) is 11.0. The zero-order valence-electron chi connectivity index (χ0n) is 11.0. The molecule has 3 heteroatoms. The van der Waals surface area contributed by atoms with Crippen molar-refractivity contribution < 1.29 is 4.39 Å². The minimum absolute atomic E-state index is 0.553. The maximum atomic E-state index is 14.2. The molecule has 0 radical (unpaired) electrons. The molecule has 20 heavy (non-hydrogen) atoms. The third-order valence-corrected chi connectivity index (χ3v) is 3.59. The molecule has 3 rings (SSSR count). The molecule has 0 fully saturated rings. The van der Waals surface area contributed by atoms with E-state index in [1.807, 2.05) is 66.7 Å². The molecule has 0 saturated carbocycles. The van der Waals surface area contributed by atoms with Crippen molar-refractivity contribution in [3.05, 3.63) is 90.3 Å². The number of hydrogen-bond acceptors (Lipinski definition) is 1. The molecule has 0 unspecified atom stereocenters. The van der Waals surface area contributed by atoms with Gasteiger partial charge >= 0.3 is 0 Å². The average Bonchev–Trinajstić information content (AvgIpc) is 3.06. The maximum absolute atomic E-state index is 14.2. The lowest BCUT2D eigenvalue weighted by Gasteiger charge is -2.32. The Hall–Kier alpha value is -2.42. The monoisotopic (exact) mass is 266 g/mol. The molecule has 100 valence electrons. The Morgan fingerprint density at radius 1 is 0.850 bits per heavy atom. The van der Waals surface area contributed by atoms with Crippen molar-refractivity contribution in [1.29, 1.82) is 0 Å². The van der Waals surface area contributed by atoms with Gasteiger partial charge in [-0.2, -0.15) is 5.10 Å². The van der Waals surface area contributed by atoms with Gasteiger partial charge in [-0.25, -0.2) is 4.39 Å². The first-order valence-electron chi connectivity index (χ1n) is 6.55. The van der Waals surface area contributed by atoms with Crippen LogP contribution in [0.2, 0.25) is 0 Å². The number of nitrogens with zero attached hydrogens (tertiary/aromatic N) is 2. The van der Waals surface area contributed by atoms with Gasteiger partial charge in [0.1, 0.15) is 12.2 Å². The number of hydrogen-bond donors (Lipinski definition) is 0. The SMILES string of the molecule is FCC(c1ccccc1)(c1ccccc1)n1cccn1. The highest BCUT2D eigenvalue weighted by Gasteiger charge is 2.37. The van der Waals surface area contributed by atoms with E-state index in [2.05, 4.69) is 5.10 Å². The van der Waals surface area contributed by atoms with Gasteiger partial charge in [0.15, 0.2) is 0 Å². The minimum Gasteiger partial charge on any atom is -0.255 e. The molecule has 1 heterocycles. The van der Waals surface area contributed by atoms with Crippen LogP contribution in [0, 0.1) is 0 Å². The van der Waals surface area contributed by atoms with Crippen LogP contribution in [0.1, 0.15) is 11.1 Å². The van der Waals surface area contributed by atoms with Crippen LogP contribution in [-0.2, 0) is 5.54 Å². The smallest absolute Gasteiger partial charge is 0.141 e. The predicted octanol–water partition coefficient (Wildman–Crippen LogP) is 3.64. The van der Waals surface area contributed by atoms with E-state index >= 15 is 0 Å². The summed E-state index contributed by atoms with van der Waals surface area (Å²) in [6, 6.07) is 21.1. The van der Waals surface area contributed by atoms with Crippen molar-refractivity contribution >= 4 is 0 Å². The lowest BCUT2D eigenvalue weighted by atomic mass is 9.84. The topological polar surface area (TPSA) is 17.8 Å². The summed E-state index contributed by atoms with van der Waals surface area (Å²) in [6.07, 6.45) is 3.48. The van der Waals surface area contributed by atoms with Gasteiger partial charge in [-0.15, -0.1) is 0 Å². The molecule has 2 nitrogen and oxygen atoms in total. The standard InChI is InChI=1S/C17H15FN2/c18-14-17(20-13-7-12-19-20,15-8-3-1-4-9-15)16-10-5-2-6-11-16/h1-13H,14H2. The molecule has 0 aliphatic heterocycles. The molecule has 0 bridgehead atoms. The Bertz CT molecular complexity index is 608. The highest BCUT2D eigenvalue weighted by molar-refractivity contribution is 5.39. The maximum Gasteiger partial charge on any atom is 0.141 e. The number of aromatic nitrogens is 2. The van der Waals surface area contributed by atoms with Crippen molar-refractivity contribution in [2.24, 2.45) is 0 Å². The summed E-state index contributed by atoms with van der Waals surface area (Å²) < 4.78 is 15.9. The molecule has 0 aliphatic rings. The normalized spacial score (nSPS) is 11.4. The van der Waals surface area contributed by atoms with Crippen LogP contribution in [0.3, 0.4) is 0 Å². The fourth-order valence-electron chi connectivity index (χ4n) is 2.57. The first-order valence-corrected chi connectivity index (χ1v) is 6.55. The van der Waals surface area contributed by atoms with E-state index < -0.39 is 12.2 Å². The molecular weight excluding hydrogens is 251 g/mol. The van der Waals surface area contributed by atoms with Crippen molar-refractivity contribution in [2.75, 3.05) is 6.67 Å². The van der Waals surface area contributed by atoms with E-state index in [4.69, 9.17) is 0 Å². The number of benzene rings is 2. The van der Waals surface area contributed by atoms with E-state index in [0.29, 0.717) is 0 Å². The second kappa shape index (κ2) is 5.29. The number of halogens is 1. The third-order valence-electron chi connectivity index (χ3n) is 3.59. The Balaban J connectivity index is 2.27. The molecule has 0 amide bonds. The number of alkyl halides is 1. The minimum atomic E-state index is -0.911. The molecule has 0 aliphatic carbocycles. The van der Waals surface area contributed by atoms with Gasteiger partial charge in [-0.3, -0.25) is 4.68 Å². The molecule has 1 aromatic heterocycles. The van der Waals surface area contributed by atoms with E-state index in [9.17, 15) is 4.39 Å². The van der Waals surface area contributed by atoms with Gasteiger partial charge in [0.2, 0.25) is 0 Å². The first kappa shape index (κ1) is 12.6. The molecular formula is C17H15FN2. The largest absolute Gasteiger partial charge is 0.255 e. The van der Waals surface area contributed by atoms with Gasteiger partial charge in [0, 0.05) is 12.4 Å². The molecule has 3 aromatic rings. The van der Waals surface area contributed by atoms with Crippen molar-refractivity contribution in [1.82, 2.24) is 9.78 Å². The lowest BCUT2D eigenvalue weighted by molar-refractivity contribution is 0.285. The molecule has 0 spiro atoms. The number of rotatable bonds is 4. The summed E-state index contributed by atoms with van der Waals surface area (Å²) in [4.78, 5) is 0. The van der Waals surface area contributed by atoms with Crippen LogP contribution in [-0.4, -0.2) is 16.5 Å². The third kappa shape index (κ3) is 1.92. The quantitative estimate of drug-likeness (QED) is 0.705. The van der Waals surface area contributed by atoms with Crippen LogP contribution in [0.4, 0.5) is 4.39 Å². The van der Waals surface area contributed by atoms with Gasteiger partial charge in [0.05, 0.1) is 0 Å². The van der Waals surface area contributed by atoms with Crippen LogP contribution >= 0.6 is 0 Å². The lowest BCUT2D eigenvalue weighted by Crippen LogP contribution is -2.39. The second-order valence-electron chi connectivity index (χ2n) is 4.68. The summed E-state index contributed by atoms with van der Waals surface area (Å²) in [7, 11) is 0. The highest BCUT2D eigenvalue weighted by Crippen LogP contribution is 2.33. The summed E-state index contributed by atoms with van der Waals surface area (Å²) in [5.74, 6) is 0. The van der Waals surface area contributed by atoms with E-state index in [0.717, 1.165) is 11.1 Å². The van der Waals surface area contributed by atoms with Gasteiger partial charge in [-0.1, -0.05) is 60.7 Å². The fourth-order valence-corrected chi connectivity index (χ4v) is 2.57. The van der Waals surface area contributed by atoms with Crippen LogP contribution < -0.4 is 0 Å². The Labute approximate surface area is 117 Å². The second-order valence-corrected chi connectivity index (χ2v) is 4.68. The molecule has 0 atom stereocenters. The molecule has 2 aromatic carbocycles. The summed E-state index contributed by atoms with van der Waals surface area (Å²) in [6.45, 7) is -0.553. The van der Waals surface area contributed by atoms with E-state index in [1.165, 1.54) is 0 Å². The summed E-state index contributed by atoms with van der Waals surface area (Å²) in [5, 5.41) is 4.29. The van der Waals surface area contributed by atoms with Crippen LogP contribution in [0.15, 0.2) is 79.1 Å². The Kier molecular flexibility index (Phi) is 3.33. The Morgan fingerprint density at radius 2 is 1.40 bits per heavy atom. The zero-order chi connectivity index (χ0) is 13.8. The Morgan fingerprint density at radius 3 is 1.80 bits per heavy atom. The fraction of sp³-hybridized carbons (Fsp3) is 0.118. The molecule has 0 N–H and O–H groups in total. The van der Waals surface area contributed by atoms with Crippen LogP contribution in [0.25, 0.3) is 0 Å². The van der Waals surface area contributed by atoms with Gasteiger partial charge in [-0.05, 0) is 17.2 Å². The predicted molar refractivity (Wildman–Crippen MR) is 77.3 cm³/mol. The van der Waals surface area contributed by atoms with Gasteiger partial charge in [0.25, 0.3) is 0 Å². The van der Waals surface area contributed by atoms with Crippen molar-refractivity contribution in [3.63, 3.8) is 0 Å². The highest BCUT2D eigenvalue weighted by atomic mass is 19.1. The first-order chi connectivity index (χ1) is 9.88. The van der Waals surface area contributed by atoms with E-state index in [1.54, 1.807) is 17.1 Å².